The van der Waals surface area contributed by atoms with Crippen LogP contribution in [0.25, 0.3) is 0 Å². The Bertz CT molecular complexity index is 523. The Labute approximate surface area is 116 Å². The lowest BCUT2D eigenvalue weighted by molar-refractivity contribution is 0.171. The Morgan fingerprint density at radius 2 is 1.95 bits per heavy atom. The van der Waals surface area contributed by atoms with E-state index in [0.717, 1.165) is 11.3 Å². The number of sulfone groups is 1. The van der Waals surface area contributed by atoms with Crippen LogP contribution in [0.15, 0.2) is 23.1 Å². The summed E-state index contributed by atoms with van der Waals surface area (Å²) < 4.78 is 28.4. The van der Waals surface area contributed by atoms with E-state index in [4.69, 9.17) is 4.74 Å². The van der Waals surface area contributed by atoms with E-state index in [9.17, 15) is 8.42 Å². The molecule has 0 aliphatic heterocycles. The van der Waals surface area contributed by atoms with E-state index < -0.39 is 9.84 Å². The third kappa shape index (κ3) is 4.51. The SMILES string of the molecule is COCC(Nc1cc(S(C)(=O)=O)ccc1C)C(C)C. The molecule has 5 heteroatoms. The van der Waals surface area contributed by atoms with Gasteiger partial charge in [-0.15, -0.1) is 0 Å². The molecule has 0 aliphatic rings. The van der Waals surface area contributed by atoms with E-state index >= 15 is 0 Å². The second-order valence-corrected chi connectivity index (χ2v) is 7.21. The first kappa shape index (κ1) is 16.0. The third-order valence-electron chi connectivity index (χ3n) is 3.13. The highest BCUT2D eigenvalue weighted by atomic mass is 32.2. The molecule has 1 rings (SSSR count). The molecule has 1 N–H and O–H groups in total. The van der Waals surface area contributed by atoms with Crippen molar-refractivity contribution in [1.29, 1.82) is 0 Å². The zero-order valence-corrected chi connectivity index (χ0v) is 13.0. The molecule has 0 aromatic heterocycles. The molecule has 0 spiro atoms. The number of benzene rings is 1. The van der Waals surface area contributed by atoms with Crippen molar-refractivity contribution >= 4 is 15.5 Å². The van der Waals surface area contributed by atoms with Crippen molar-refractivity contribution in [3.05, 3.63) is 23.8 Å². The smallest absolute Gasteiger partial charge is 0.175 e. The van der Waals surface area contributed by atoms with Gasteiger partial charge in [-0.25, -0.2) is 8.42 Å². The summed E-state index contributed by atoms with van der Waals surface area (Å²) in [6.45, 7) is 6.75. The maximum Gasteiger partial charge on any atom is 0.175 e. The summed E-state index contributed by atoms with van der Waals surface area (Å²) in [5, 5.41) is 3.37. The van der Waals surface area contributed by atoms with Crippen molar-refractivity contribution < 1.29 is 13.2 Å². The van der Waals surface area contributed by atoms with Crippen molar-refractivity contribution in [3.8, 4) is 0 Å². The van der Waals surface area contributed by atoms with Crippen LogP contribution in [0.1, 0.15) is 19.4 Å². The summed E-state index contributed by atoms with van der Waals surface area (Å²) in [5.41, 5.74) is 1.87. The third-order valence-corrected chi connectivity index (χ3v) is 4.24. The average Bonchev–Trinajstić information content (AvgIpc) is 2.29. The van der Waals surface area contributed by atoms with Gasteiger partial charge in [0.05, 0.1) is 17.5 Å². The Balaban J connectivity index is 3.05. The molecule has 0 heterocycles. The molecule has 0 saturated heterocycles. The number of methoxy groups -OCH3 is 1. The van der Waals surface area contributed by atoms with Gasteiger partial charge in [0.15, 0.2) is 9.84 Å². The molecule has 0 radical (unpaired) electrons. The number of ether oxygens (including phenoxy) is 1. The van der Waals surface area contributed by atoms with Gasteiger partial charge in [-0.3, -0.25) is 0 Å². The highest BCUT2D eigenvalue weighted by molar-refractivity contribution is 7.90. The lowest BCUT2D eigenvalue weighted by Gasteiger charge is -2.24. The van der Waals surface area contributed by atoms with Gasteiger partial charge in [0.2, 0.25) is 0 Å². The zero-order chi connectivity index (χ0) is 14.6. The second kappa shape index (κ2) is 6.39. The molecule has 4 nitrogen and oxygen atoms in total. The fourth-order valence-electron chi connectivity index (χ4n) is 1.77. The fraction of sp³-hybridized carbons (Fsp3) is 0.571. The first-order valence-electron chi connectivity index (χ1n) is 6.32. The monoisotopic (exact) mass is 285 g/mol. The number of aryl methyl sites for hydroxylation is 1. The van der Waals surface area contributed by atoms with Crippen molar-refractivity contribution in [2.75, 3.05) is 25.3 Å². The van der Waals surface area contributed by atoms with Crippen LogP contribution in [0.5, 0.6) is 0 Å². The van der Waals surface area contributed by atoms with Crippen molar-refractivity contribution in [3.63, 3.8) is 0 Å². The highest BCUT2D eigenvalue weighted by Crippen LogP contribution is 2.22. The number of rotatable bonds is 6. The van der Waals surface area contributed by atoms with E-state index in [1.165, 1.54) is 6.26 Å². The Hall–Kier alpha value is -1.07. The van der Waals surface area contributed by atoms with Gasteiger partial charge < -0.3 is 10.1 Å². The Kier molecular flexibility index (Phi) is 5.38. The molecule has 1 unspecified atom stereocenters. The molecule has 0 aliphatic carbocycles. The molecule has 0 fully saturated rings. The zero-order valence-electron chi connectivity index (χ0n) is 12.2. The van der Waals surface area contributed by atoms with E-state index in [0.29, 0.717) is 17.4 Å². The van der Waals surface area contributed by atoms with Crippen molar-refractivity contribution in [1.82, 2.24) is 0 Å². The minimum absolute atomic E-state index is 0.151. The molecule has 0 amide bonds. The topological polar surface area (TPSA) is 55.4 Å². The van der Waals surface area contributed by atoms with Crippen LogP contribution in [0, 0.1) is 12.8 Å². The van der Waals surface area contributed by atoms with Crippen molar-refractivity contribution in [2.24, 2.45) is 5.92 Å². The number of hydrogen-bond acceptors (Lipinski definition) is 4. The predicted octanol–water partition coefficient (Wildman–Crippen LogP) is 2.48. The van der Waals surface area contributed by atoms with E-state index in [1.54, 1.807) is 19.2 Å². The molecule has 1 atom stereocenters. The van der Waals surface area contributed by atoms with E-state index in [-0.39, 0.29) is 6.04 Å². The first-order chi connectivity index (χ1) is 8.75. The van der Waals surface area contributed by atoms with Gasteiger partial charge in [-0.2, -0.15) is 0 Å². The quantitative estimate of drug-likeness (QED) is 0.872. The largest absolute Gasteiger partial charge is 0.383 e. The average molecular weight is 285 g/mol. The molecule has 1 aromatic carbocycles. The molecule has 0 bridgehead atoms. The highest BCUT2D eigenvalue weighted by Gasteiger charge is 2.15. The summed E-state index contributed by atoms with van der Waals surface area (Å²) in [5.74, 6) is 0.390. The van der Waals surface area contributed by atoms with Gasteiger partial charge >= 0.3 is 0 Å². The van der Waals surface area contributed by atoms with E-state index in [1.807, 2.05) is 13.0 Å². The number of anilines is 1. The van der Waals surface area contributed by atoms with Crippen LogP contribution in [0.4, 0.5) is 5.69 Å². The normalized spacial score (nSPS) is 13.6. The van der Waals surface area contributed by atoms with Crippen LogP contribution in [-0.2, 0) is 14.6 Å². The van der Waals surface area contributed by atoms with Gasteiger partial charge in [0.1, 0.15) is 0 Å². The molecule has 1 aromatic rings. The van der Waals surface area contributed by atoms with Crippen LogP contribution < -0.4 is 5.32 Å². The summed E-state index contributed by atoms with van der Waals surface area (Å²) in [4.78, 5) is 0.334. The van der Waals surface area contributed by atoms with Crippen LogP contribution in [0.2, 0.25) is 0 Å². The molecule has 19 heavy (non-hydrogen) atoms. The van der Waals surface area contributed by atoms with Gasteiger partial charge in [0.25, 0.3) is 0 Å². The Morgan fingerprint density at radius 1 is 1.32 bits per heavy atom. The fourth-order valence-corrected chi connectivity index (χ4v) is 2.41. The van der Waals surface area contributed by atoms with Crippen LogP contribution in [-0.4, -0.2) is 34.4 Å². The van der Waals surface area contributed by atoms with Crippen LogP contribution >= 0.6 is 0 Å². The van der Waals surface area contributed by atoms with E-state index in [2.05, 4.69) is 19.2 Å². The molecular formula is C14H23NO3S. The van der Waals surface area contributed by atoms with Crippen LogP contribution in [0.3, 0.4) is 0 Å². The number of hydrogen-bond donors (Lipinski definition) is 1. The first-order valence-corrected chi connectivity index (χ1v) is 8.21. The predicted molar refractivity (Wildman–Crippen MR) is 78.4 cm³/mol. The van der Waals surface area contributed by atoms with Gasteiger partial charge in [-0.05, 0) is 30.5 Å². The Morgan fingerprint density at radius 3 is 2.42 bits per heavy atom. The molecular weight excluding hydrogens is 262 g/mol. The lowest BCUT2D eigenvalue weighted by atomic mass is 10.0. The molecule has 0 saturated carbocycles. The summed E-state index contributed by atoms with van der Waals surface area (Å²) >= 11 is 0. The van der Waals surface area contributed by atoms with Gasteiger partial charge in [-0.1, -0.05) is 19.9 Å². The summed E-state index contributed by atoms with van der Waals surface area (Å²) in [6.07, 6.45) is 1.22. The molecule has 108 valence electrons. The maximum absolute atomic E-state index is 11.6. The second-order valence-electron chi connectivity index (χ2n) is 5.20. The maximum atomic E-state index is 11.6. The minimum atomic E-state index is -3.18. The van der Waals surface area contributed by atoms with Crippen molar-refractivity contribution in [2.45, 2.75) is 31.7 Å². The summed E-state index contributed by atoms with van der Waals surface area (Å²) in [6, 6.07) is 5.30. The summed E-state index contributed by atoms with van der Waals surface area (Å²) in [7, 11) is -1.52. The van der Waals surface area contributed by atoms with Gasteiger partial charge in [0, 0.05) is 19.1 Å². The minimum Gasteiger partial charge on any atom is -0.383 e. The number of nitrogens with one attached hydrogen (secondary N) is 1. The standard InChI is InChI=1S/C14H23NO3S/c1-10(2)14(9-18-4)15-13-8-12(19(5,16)17)7-6-11(13)3/h6-8,10,14-15H,9H2,1-5H3. The lowest BCUT2D eigenvalue weighted by Crippen LogP contribution is -2.30.